The van der Waals surface area contributed by atoms with Crippen LogP contribution in [0.5, 0.6) is 0 Å². The second-order valence-electron chi connectivity index (χ2n) is 7.43. The molecule has 2 aliphatic heterocycles. The molecule has 0 unspecified atom stereocenters. The van der Waals surface area contributed by atoms with E-state index in [0.29, 0.717) is 24.3 Å². The maximum absolute atomic E-state index is 13.6. The average molecular weight is 494 g/mol. The Labute approximate surface area is 182 Å². The number of piperidine rings is 1. The molecule has 2 aromatic carbocycles. The van der Waals surface area contributed by atoms with E-state index in [2.05, 4.69) is 0 Å². The molecule has 32 heavy (non-hydrogen) atoms. The van der Waals surface area contributed by atoms with Gasteiger partial charge in [0.15, 0.2) is 23.3 Å². The Kier molecular flexibility index (Phi) is 5.82. The number of benzene rings is 2. The van der Waals surface area contributed by atoms with Crippen molar-refractivity contribution in [2.45, 2.75) is 28.4 Å². The van der Waals surface area contributed by atoms with Gasteiger partial charge < -0.3 is 4.74 Å². The predicted molar refractivity (Wildman–Crippen MR) is 103 cm³/mol. The SMILES string of the molecule is O=S(=O)(c1ccc(F)c(F)c1)N1CCC2(CC1)OCCN2S(=O)(=O)c1ccc(F)c(F)c1. The zero-order chi connectivity index (χ0) is 23.3. The van der Waals surface area contributed by atoms with Crippen LogP contribution in [0.4, 0.5) is 17.6 Å². The van der Waals surface area contributed by atoms with Crippen LogP contribution in [0.3, 0.4) is 0 Å². The van der Waals surface area contributed by atoms with E-state index in [1.54, 1.807) is 0 Å². The molecule has 0 atom stereocenters. The average Bonchev–Trinajstić information content (AvgIpc) is 3.16. The van der Waals surface area contributed by atoms with E-state index in [4.69, 9.17) is 4.74 Å². The molecule has 0 N–H and O–H groups in total. The second kappa shape index (κ2) is 8.06. The minimum Gasteiger partial charge on any atom is -0.358 e. The van der Waals surface area contributed by atoms with Crippen LogP contribution < -0.4 is 0 Å². The topological polar surface area (TPSA) is 84.0 Å². The van der Waals surface area contributed by atoms with E-state index >= 15 is 0 Å². The molecule has 0 aromatic heterocycles. The molecule has 2 aromatic rings. The minimum absolute atomic E-state index is 0.0405. The third kappa shape index (κ3) is 3.81. The Balaban J connectivity index is 1.57. The summed E-state index contributed by atoms with van der Waals surface area (Å²) in [5.41, 5.74) is -1.36. The lowest BCUT2D eigenvalue weighted by Gasteiger charge is -2.42. The first-order valence-electron chi connectivity index (χ1n) is 9.54. The van der Waals surface area contributed by atoms with Crippen LogP contribution in [0.15, 0.2) is 46.2 Å². The van der Waals surface area contributed by atoms with Crippen molar-refractivity contribution in [3.05, 3.63) is 59.7 Å². The molecule has 174 valence electrons. The van der Waals surface area contributed by atoms with Crippen molar-refractivity contribution >= 4 is 20.0 Å². The first kappa shape index (κ1) is 23.1. The number of halogens is 4. The summed E-state index contributed by atoms with van der Waals surface area (Å²) in [6, 6.07) is 4.49. The summed E-state index contributed by atoms with van der Waals surface area (Å²) in [4.78, 5) is -0.871. The van der Waals surface area contributed by atoms with Gasteiger partial charge in [-0.1, -0.05) is 0 Å². The number of ether oxygens (including phenoxy) is 1. The lowest BCUT2D eigenvalue weighted by Crippen LogP contribution is -2.55. The smallest absolute Gasteiger partial charge is 0.245 e. The summed E-state index contributed by atoms with van der Waals surface area (Å²) in [5, 5.41) is 0. The zero-order valence-corrected chi connectivity index (χ0v) is 18.1. The third-order valence-electron chi connectivity index (χ3n) is 5.63. The van der Waals surface area contributed by atoms with Crippen LogP contribution in [0, 0.1) is 23.3 Å². The Bertz CT molecular complexity index is 1260. The molecule has 4 rings (SSSR count). The Hall–Kier alpha value is -2.06. The molecule has 13 heteroatoms. The van der Waals surface area contributed by atoms with Crippen molar-refractivity contribution in [2.24, 2.45) is 0 Å². The van der Waals surface area contributed by atoms with E-state index in [9.17, 15) is 34.4 Å². The van der Waals surface area contributed by atoms with Crippen molar-refractivity contribution in [1.29, 1.82) is 0 Å². The quantitative estimate of drug-likeness (QED) is 0.610. The third-order valence-corrected chi connectivity index (χ3v) is 9.47. The second-order valence-corrected chi connectivity index (χ2v) is 11.2. The molecule has 7 nitrogen and oxygen atoms in total. The minimum atomic E-state index is -4.26. The molecular formula is C19H18F4N2O5S2. The van der Waals surface area contributed by atoms with Gasteiger partial charge in [-0.25, -0.2) is 34.4 Å². The number of rotatable bonds is 4. The normalized spacial score (nSPS) is 20.1. The van der Waals surface area contributed by atoms with E-state index < -0.39 is 58.8 Å². The number of hydrogen-bond acceptors (Lipinski definition) is 5. The van der Waals surface area contributed by atoms with Crippen LogP contribution in [0.25, 0.3) is 0 Å². The van der Waals surface area contributed by atoms with E-state index in [1.807, 2.05) is 0 Å². The summed E-state index contributed by atoms with van der Waals surface area (Å²) in [6.07, 6.45) is -0.0857. The van der Waals surface area contributed by atoms with Gasteiger partial charge in [-0.3, -0.25) is 0 Å². The zero-order valence-electron chi connectivity index (χ0n) is 16.5. The van der Waals surface area contributed by atoms with Gasteiger partial charge in [-0.05, 0) is 36.4 Å². The highest BCUT2D eigenvalue weighted by molar-refractivity contribution is 7.89. The first-order chi connectivity index (χ1) is 15.0. The first-order valence-corrected chi connectivity index (χ1v) is 12.4. The fourth-order valence-corrected chi connectivity index (χ4v) is 7.14. The standard InChI is InChI=1S/C19H18F4N2O5S2/c20-15-3-1-13(11-17(15)22)31(26,27)24-7-5-19(6-8-24)25(9-10-30-19)32(28,29)14-2-4-16(21)18(23)12-14/h1-4,11-12H,5-10H2. The predicted octanol–water partition coefficient (Wildman–Crippen LogP) is 2.44. The van der Waals surface area contributed by atoms with Crippen molar-refractivity contribution < 1.29 is 39.1 Å². The molecule has 0 saturated carbocycles. The largest absolute Gasteiger partial charge is 0.358 e. The summed E-state index contributed by atoms with van der Waals surface area (Å²) < 4.78 is 113. The Morgan fingerprint density at radius 1 is 0.719 bits per heavy atom. The molecule has 2 saturated heterocycles. The number of nitrogens with zero attached hydrogens (tertiary/aromatic N) is 2. The van der Waals surface area contributed by atoms with Crippen LogP contribution in [0.2, 0.25) is 0 Å². The molecule has 0 radical (unpaired) electrons. The van der Waals surface area contributed by atoms with Gasteiger partial charge in [0, 0.05) is 32.5 Å². The van der Waals surface area contributed by atoms with E-state index in [-0.39, 0.29) is 39.1 Å². The van der Waals surface area contributed by atoms with Gasteiger partial charge in [0.05, 0.1) is 16.4 Å². The van der Waals surface area contributed by atoms with Gasteiger partial charge in [-0.15, -0.1) is 0 Å². The summed E-state index contributed by atoms with van der Waals surface area (Å²) >= 11 is 0. The maximum Gasteiger partial charge on any atom is 0.245 e. The molecule has 0 bridgehead atoms. The molecule has 1 spiro atoms. The van der Waals surface area contributed by atoms with Gasteiger partial charge in [0.25, 0.3) is 0 Å². The summed E-state index contributed by atoms with van der Waals surface area (Å²) in [7, 11) is -8.41. The maximum atomic E-state index is 13.6. The summed E-state index contributed by atoms with van der Waals surface area (Å²) in [6.45, 7) is -0.299. The fraction of sp³-hybridized carbons (Fsp3) is 0.368. The Morgan fingerprint density at radius 2 is 1.22 bits per heavy atom. The van der Waals surface area contributed by atoms with E-state index in [0.717, 1.165) is 20.7 Å². The van der Waals surface area contributed by atoms with Crippen LogP contribution in [0.1, 0.15) is 12.8 Å². The van der Waals surface area contributed by atoms with Crippen molar-refractivity contribution in [3.8, 4) is 0 Å². The van der Waals surface area contributed by atoms with Crippen molar-refractivity contribution in [2.75, 3.05) is 26.2 Å². The number of hydrogen-bond donors (Lipinski definition) is 0. The highest BCUT2D eigenvalue weighted by Gasteiger charge is 2.51. The molecule has 0 amide bonds. The van der Waals surface area contributed by atoms with Gasteiger partial charge >= 0.3 is 0 Å². The lowest BCUT2D eigenvalue weighted by molar-refractivity contribution is -0.0806. The fourth-order valence-electron chi connectivity index (χ4n) is 3.95. The monoisotopic (exact) mass is 494 g/mol. The number of sulfonamides is 2. The highest BCUT2D eigenvalue weighted by atomic mass is 32.2. The van der Waals surface area contributed by atoms with Gasteiger partial charge in [-0.2, -0.15) is 8.61 Å². The molecule has 2 heterocycles. The Morgan fingerprint density at radius 3 is 1.72 bits per heavy atom. The van der Waals surface area contributed by atoms with Crippen LogP contribution in [-0.4, -0.2) is 57.4 Å². The highest BCUT2D eigenvalue weighted by Crippen LogP contribution is 2.39. The van der Waals surface area contributed by atoms with Gasteiger partial charge in [0.2, 0.25) is 20.0 Å². The summed E-state index contributed by atoms with van der Waals surface area (Å²) in [5.74, 6) is -4.98. The molecule has 2 aliphatic rings. The van der Waals surface area contributed by atoms with Crippen LogP contribution >= 0.6 is 0 Å². The molecular weight excluding hydrogens is 476 g/mol. The van der Waals surface area contributed by atoms with E-state index in [1.165, 1.54) is 0 Å². The lowest BCUT2D eigenvalue weighted by atomic mass is 10.0. The van der Waals surface area contributed by atoms with Crippen molar-refractivity contribution in [1.82, 2.24) is 8.61 Å². The van der Waals surface area contributed by atoms with Crippen LogP contribution in [-0.2, 0) is 24.8 Å². The molecule has 0 aliphatic carbocycles. The van der Waals surface area contributed by atoms with Gasteiger partial charge in [0.1, 0.15) is 5.72 Å². The molecule has 2 fully saturated rings. The van der Waals surface area contributed by atoms with Crippen molar-refractivity contribution in [3.63, 3.8) is 0 Å².